The molecule has 0 spiro atoms. The molecule has 0 saturated heterocycles. The number of ether oxygens (including phenoxy) is 1. The molecule has 0 unspecified atom stereocenters. The first-order valence-corrected chi connectivity index (χ1v) is 8.23. The summed E-state index contributed by atoms with van der Waals surface area (Å²) in [5.41, 5.74) is 3.59. The van der Waals surface area contributed by atoms with Crippen molar-refractivity contribution >= 4 is 27.8 Å². The lowest BCUT2D eigenvalue weighted by Gasteiger charge is -2.05. The molecular formula is C20H17N3O2. The lowest BCUT2D eigenvalue weighted by atomic mass is 10.1. The summed E-state index contributed by atoms with van der Waals surface area (Å²) in [5.74, 6) is -0.299. The van der Waals surface area contributed by atoms with Gasteiger partial charge < -0.3 is 4.74 Å². The Hall–Kier alpha value is -3.21. The highest BCUT2D eigenvalue weighted by Crippen LogP contribution is 2.31. The second kappa shape index (κ2) is 6.36. The Kier molecular flexibility index (Phi) is 3.90. The van der Waals surface area contributed by atoms with Gasteiger partial charge in [0.1, 0.15) is 12.2 Å². The van der Waals surface area contributed by atoms with Gasteiger partial charge in [-0.3, -0.25) is 14.5 Å². The molecule has 0 radical (unpaired) electrons. The van der Waals surface area contributed by atoms with Crippen molar-refractivity contribution < 1.29 is 9.53 Å². The molecule has 25 heavy (non-hydrogen) atoms. The first-order chi connectivity index (χ1) is 12.3. The minimum absolute atomic E-state index is 0.0746. The predicted molar refractivity (Wildman–Crippen MR) is 97.1 cm³/mol. The fourth-order valence-corrected chi connectivity index (χ4v) is 3.06. The van der Waals surface area contributed by atoms with Gasteiger partial charge in [0.2, 0.25) is 0 Å². The number of nitrogens with zero attached hydrogens (tertiary/aromatic N) is 3. The number of carbonyl (C=O) groups is 1. The van der Waals surface area contributed by atoms with E-state index >= 15 is 0 Å². The van der Waals surface area contributed by atoms with Gasteiger partial charge >= 0.3 is 5.97 Å². The van der Waals surface area contributed by atoms with Crippen LogP contribution >= 0.6 is 0 Å². The maximum absolute atomic E-state index is 12.0. The molecule has 4 rings (SSSR count). The van der Waals surface area contributed by atoms with E-state index in [4.69, 9.17) is 9.84 Å². The second-order valence-electron chi connectivity index (χ2n) is 5.71. The first kappa shape index (κ1) is 15.3. The Morgan fingerprint density at radius 3 is 2.60 bits per heavy atom. The number of benzene rings is 2. The normalized spacial score (nSPS) is 11.1. The van der Waals surface area contributed by atoms with Crippen molar-refractivity contribution in [3.05, 3.63) is 60.8 Å². The van der Waals surface area contributed by atoms with Gasteiger partial charge in [0.05, 0.1) is 17.6 Å². The smallest absolute Gasteiger partial charge is 0.327 e. The van der Waals surface area contributed by atoms with Crippen molar-refractivity contribution in [2.24, 2.45) is 0 Å². The molecule has 2 heterocycles. The number of pyridine rings is 1. The van der Waals surface area contributed by atoms with E-state index in [9.17, 15) is 4.79 Å². The predicted octanol–water partition coefficient (Wildman–Crippen LogP) is 3.81. The molecule has 0 saturated carbocycles. The average Bonchev–Trinajstić information content (AvgIpc) is 3.01. The summed E-state index contributed by atoms with van der Waals surface area (Å²) in [6.07, 6.45) is 1.83. The molecule has 5 heteroatoms. The van der Waals surface area contributed by atoms with E-state index < -0.39 is 0 Å². The first-order valence-electron chi connectivity index (χ1n) is 8.23. The Labute approximate surface area is 144 Å². The summed E-state index contributed by atoms with van der Waals surface area (Å²) in [5, 5.41) is 6.60. The third-order valence-electron chi connectivity index (χ3n) is 4.11. The van der Waals surface area contributed by atoms with Crippen molar-refractivity contribution in [3.63, 3.8) is 0 Å². The number of hydrogen-bond donors (Lipinski definition) is 0. The third-order valence-corrected chi connectivity index (χ3v) is 4.11. The van der Waals surface area contributed by atoms with Crippen molar-refractivity contribution in [2.45, 2.75) is 13.5 Å². The van der Waals surface area contributed by atoms with E-state index in [0.29, 0.717) is 6.61 Å². The molecule has 0 aliphatic rings. The summed E-state index contributed by atoms with van der Waals surface area (Å²) in [7, 11) is 0. The molecule has 0 aliphatic carbocycles. The summed E-state index contributed by atoms with van der Waals surface area (Å²) < 4.78 is 6.83. The molecule has 0 aliphatic heterocycles. The second-order valence-corrected chi connectivity index (χ2v) is 5.71. The molecule has 0 amide bonds. The van der Waals surface area contributed by atoms with Crippen LogP contribution in [0.3, 0.4) is 0 Å². The Balaban J connectivity index is 1.98. The average molecular weight is 331 g/mol. The zero-order chi connectivity index (χ0) is 17.2. The SMILES string of the molecule is CCOC(=O)Cn1nc(-c2ccccc2)c2cnc3ccccc3c21. The minimum Gasteiger partial charge on any atom is -0.465 e. The molecule has 0 N–H and O–H groups in total. The number of hydrogen-bond acceptors (Lipinski definition) is 4. The zero-order valence-corrected chi connectivity index (χ0v) is 13.8. The Morgan fingerprint density at radius 1 is 1.04 bits per heavy atom. The number of rotatable bonds is 4. The number of aromatic nitrogens is 3. The fourth-order valence-electron chi connectivity index (χ4n) is 3.06. The number of para-hydroxylation sites is 1. The molecular weight excluding hydrogens is 314 g/mol. The zero-order valence-electron chi connectivity index (χ0n) is 13.8. The van der Waals surface area contributed by atoms with Crippen LogP contribution < -0.4 is 0 Å². The summed E-state index contributed by atoms with van der Waals surface area (Å²) in [6, 6.07) is 17.8. The van der Waals surface area contributed by atoms with Gasteiger partial charge in [-0.2, -0.15) is 5.10 Å². The highest BCUT2D eigenvalue weighted by molar-refractivity contribution is 6.08. The molecule has 2 aromatic heterocycles. The van der Waals surface area contributed by atoms with E-state index in [2.05, 4.69) is 4.98 Å². The number of fused-ring (bicyclic) bond motifs is 3. The highest BCUT2D eigenvalue weighted by Gasteiger charge is 2.17. The molecule has 0 fully saturated rings. The Morgan fingerprint density at radius 2 is 1.80 bits per heavy atom. The van der Waals surface area contributed by atoms with Gasteiger partial charge in [-0.05, 0) is 13.0 Å². The van der Waals surface area contributed by atoms with E-state index in [1.54, 1.807) is 11.6 Å². The van der Waals surface area contributed by atoms with Crippen LogP contribution in [-0.4, -0.2) is 27.3 Å². The van der Waals surface area contributed by atoms with E-state index in [0.717, 1.165) is 33.1 Å². The maximum atomic E-state index is 12.0. The van der Waals surface area contributed by atoms with Crippen LogP contribution in [0.4, 0.5) is 0 Å². The van der Waals surface area contributed by atoms with Crippen molar-refractivity contribution in [3.8, 4) is 11.3 Å². The van der Waals surface area contributed by atoms with Gasteiger partial charge in [0, 0.05) is 22.5 Å². The summed E-state index contributed by atoms with van der Waals surface area (Å²) in [6.45, 7) is 2.23. The largest absolute Gasteiger partial charge is 0.465 e. The monoisotopic (exact) mass is 331 g/mol. The van der Waals surface area contributed by atoms with Crippen LogP contribution in [0.1, 0.15) is 6.92 Å². The lowest BCUT2D eigenvalue weighted by molar-refractivity contribution is -0.143. The summed E-state index contributed by atoms with van der Waals surface area (Å²) >= 11 is 0. The molecule has 5 nitrogen and oxygen atoms in total. The molecule has 0 atom stereocenters. The number of carbonyl (C=O) groups excluding carboxylic acids is 1. The molecule has 124 valence electrons. The lowest BCUT2D eigenvalue weighted by Crippen LogP contribution is -2.14. The maximum Gasteiger partial charge on any atom is 0.327 e. The van der Waals surface area contributed by atoms with E-state index in [-0.39, 0.29) is 12.5 Å². The van der Waals surface area contributed by atoms with Gasteiger partial charge in [-0.15, -0.1) is 0 Å². The quantitative estimate of drug-likeness (QED) is 0.534. The molecule has 2 aromatic carbocycles. The van der Waals surface area contributed by atoms with Crippen molar-refractivity contribution in [2.75, 3.05) is 6.61 Å². The topological polar surface area (TPSA) is 57.0 Å². The minimum atomic E-state index is -0.299. The Bertz CT molecular complexity index is 1050. The van der Waals surface area contributed by atoms with Crippen LogP contribution in [0.15, 0.2) is 60.8 Å². The van der Waals surface area contributed by atoms with E-state index in [1.807, 2.05) is 60.8 Å². The van der Waals surface area contributed by atoms with E-state index in [1.165, 1.54) is 0 Å². The van der Waals surface area contributed by atoms with Gasteiger partial charge in [-0.25, -0.2) is 0 Å². The van der Waals surface area contributed by atoms with Gasteiger partial charge in [0.15, 0.2) is 0 Å². The van der Waals surface area contributed by atoms with Crippen LogP contribution in [0.5, 0.6) is 0 Å². The standard InChI is InChI=1S/C20H17N3O2/c1-2-25-18(24)13-23-20-15-10-6-7-11-17(15)21-12-16(20)19(22-23)14-8-4-3-5-9-14/h3-12H,2,13H2,1H3. The van der Waals surface area contributed by atoms with Crippen LogP contribution in [-0.2, 0) is 16.1 Å². The van der Waals surface area contributed by atoms with Crippen molar-refractivity contribution in [1.82, 2.24) is 14.8 Å². The van der Waals surface area contributed by atoms with Crippen LogP contribution in [0.2, 0.25) is 0 Å². The van der Waals surface area contributed by atoms with Crippen LogP contribution in [0.25, 0.3) is 33.1 Å². The molecule has 0 bridgehead atoms. The fraction of sp³-hybridized carbons (Fsp3) is 0.150. The molecule has 4 aromatic rings. The van der Waals surface area contributed by atoms with Gasteiger partial charge in [0.25, 0.3) is 0 Å². The highest BCUT2D eigenvalue weighted by atomic mass is 16.5. The number of esters is 1. The van der Waals surface area contributed by atoms with Gasteiger partial charge in [-0.1, -0.05) is 48.5 Å². The van der Waals surface area contributed by atoms with Crippen LogP contribution in [0, 0.1) is 0 Å². The third kappa shape index (κ3) is 2.74. The summed E-state index contributed by atoms with van der Waals surface area (Å²) in [4.78, 5) is 16.6. The van der Waals surface area contributed by atoms with Crippen molar-refractivity contribution in [1.29, 1.82) is 0 Å².